The predicted octanol–water partition coefficient (Wildman–Crippen LogP) is 2.79. The summed E-state index contributed by atoms with van der Waals surface area (Å²) in [6, 6.07) is 6.31. The van der Waals surface area contributed by atoms with E-state index in [1.165, 1.54) is 23.5 Å². The molecule has 1 amide bonds. The van der Waals surface area contributed by atoms with Gasteiger partial charge in [0.05, 0.1) is 18.2 Å². The number of carbonyl (C=O) groups is 1. The first-order valence-electron chi connectivity index (χ1n) is 7.29. The number of hydrogen-bond acceptors (Lipinski definition) is 4. The van der Waals surface area contributed by atoms with E-state index in [1.54, 1.807) is 6.07 Å². The molecule has 0 bridgehead atoms. The highest BCUT2D eigenvalue weighted by molar-refractivity contribution is 7.13. The van der Waals surface area contributed by atoms with Crippen LogP contribution in [0, 0.1) is 5.82 Å². The second-order valence-electron chi connectivity index (χ2n) is 5.27. The first-order chi connectivity index (χ1) is 10.7. The maximum Gasteiger partial charge on any atom is 0.226 e. The monoisotopic (exact) mass is 320 g/mol. The summed E-state index contributed by atoms with van der Waals surface area (Å²) in [6.45, 7) is 1.34. The first kappa shape index (κ1) is 15.1. The van der Waals surface area contributed by atoms with Crippen molar-refractivity contribution in [2.24, 2.45) is 0 Å². The van der Waals surface area contributed by atoms with Gasteiger partial charge >= 0.3 is 0 Å². The summed E-state index contributed by atoms with van der Waals surface area (Å²) in [5, 5.41) is 5.43. The van der Waals surface area contributed by atoms with Crippen LogP contribution in [0.25, 0.3) is 10.6 Å². The lowest BCUT2D eigenvalue weighted by atomic mass is 10.2. The van der Waals surface area contributed by atoms with Crippen LogP contribution in [0.3, 0.4) is 0 Å². The van der Waals surface area contributed by atoms with Crippen molar-refractivity contribution in [3.8, 4) is 10.6 Å². The van der Waals surface area contributed by atoms with Crippen LogP contribution in [0.1, 0.15) is 18.5 Å². The van der Waals surface area contributed by atoms with Gasteiger partial charge in [-0.1, -0.05) is 12.1 Å². The Bertz CT molecular complexity index is 653. The number of nitrogens with zero attached hydrogens (tertiary/aromatic N) is 1. The average Bonchev–Trinajstić information content (AvgIpc) is 3.16. The minimum Gasteiger partial charge on any atom is -0.376 e. The van der Waals surface area contributed by atoms with Crippen LogP contribution >= 0.6 is 11.3 Å². The van der Waals surface area contributed by atoms with Crippen LogP contribution in [-0.2, 0) is 16.0 Å². The Balaban J connectivity index is 1.55. The van der Waals surface area contributed by atoms with Gasteiger partial charge in [0.25, 0.3) is 0 Å². The van der Waals surface area contributed by atoms with Crippen LogP contribution in [0.5, 0.6) is 0 Å². The fourth-order valence-electron chi connectivity index (χ4n) is 2.40. The fourth-order valence-corrected chi connectivity index (χ4v) is 3.22. The predicted molar refractivity (Wildman–Crippen MR) is 83.2 cm³/mol. The highest BCUT2D eigenvalue weighted by atomic mass is 32.1. The number of aromatic nitrogens is 1. The molecule has 0 aliphatic carbocycles. The molecule has 116 valence electrons. The molecular formula is C16H17FN2O2S. The van der Waals surface area contributed by atoms with Crippen molar-refractivity contribution in [3.63, 3.8) is 0 Å². The molecule has 1 atom stereocenters. The number of nitrogens with one attached hydrogen (secondary N) is 1. The molecule has 0 saturated carbocycles. The molecule has 1 N–H and O–H groups in total. The zero-order chi connectivity index (χ0) is 15.4. The lowest BCUT2D eigenvalue weighted by molar-refractivity contribution is -0.121. The third-order valence-electron chi connectivity index (χ3n) is 3.52. The molecular weight excluding hydrogens is 303 g/mol. The Hall–Kier alpha value is -1.79. The van der Waals surface area contributed by atoms with E-state index in [1.807, 2.05) is 11.4 Å². The molecule has 0 unspecified atom stereocenters. The van der Waals surface area contributed by atoms with Gasteiger partial charge in [-0.05, 0) is 25.0 Å². The summed E-state index contributed by atoms with van der Waals surface area (Å²) >= 11 is 1.41. The van der Waals surface area contributed by atoms with Crippen molar-refractivity contribution in [1.82, 2.24) is 10.3 Å². The van der Waals surface area contributed by atoms with Gasteiger partial charge in [-0.3, -0.25) is 4.79 Å². The lowest BCUT2D eigenvalue weighted by Gasteiger charge is -2.09. The Kier molecular flexibility index (Phi) is 4.80. The largest absolute Gasteiger partial charge is 0.376 e. The Labute approximate surface area is 132 Å². The third kappa shape index (κ3) is 3.90. The summed E-state index contributed by atoms with van der Waals surface area (Å²) < 4.78 is 18.7. The Morgan fingerprint density at radius 1 is 1.50 bits per heavy atom. The van der Waals surface area contributed by atoms with Crippen molar-refractivity contribution < 1.29 is 13.9 Å². The molecule has 1 fully saturated rings. The zero-order valence-corrected chi connectivity index (χ0v) is 12.9. The maximum absolute atomic E-state index is 13.2. The van der Waals surface area contributed by atoms with Gasteiger partial charge in [0.2, 0.25) is 5.91 Å². The number of ether oxygens (including phenoxy) is 1. The van der Waals surface area contributed by atoms with Crippen molar-refractivity contribution >= 4 is 17.2 Å². The van der Waals surface area contributed by atoms with Gasteiger partial charge in [-0.25, -0.2) is 9.37 Å². The fraction of sp³-hybridized carbons (Fsp3) is 0.375. The molecule has 22 heavy (non-hydrogen) atoms. The Morgan fingerprint density at radius 2 is 2.41 bits per heavy atom. The average molecular weight is 320 g/mol. The molecule has 1 aliphatic rings. The van der Waals surface area contributed by atoms with E-state index >= 15 is 0 Å². The SMILES string of the molecule is O=C(Cc1csc(-c2cccc(F)c2)n1)NC[C@@H]1CCCO1. The summed E-state index contributed by atoms with van der Waals surface area (Å²) in [4.78, 5) is 16.3. The highest BCUT2D eigenvalue weighted by Gasteiger charge is 2.16. The van der Waals surface area contributed by atoms with Gasteiger partial charge in [-0.15, -0.1) is 11.3 Å². The minimum absolute atomic E-state index is 0.0633. The van der Waals surface area contributed by atoms with Crippen LogP contribution in [0.15, 0.2) is 29.6 Å². The molecule has 1 aromatic carbocycles. The molecule has 1 aliphatic heterocycles. The number of hydrogen-bond donors (Lipinski definition) is 1. The molecule has 2 aromatic rings. The number of rotatable bonds is 5. The first-order valence-corrected chi connectivity index (χ1v) is 8.17. The zero-order valence-electron chi connectivity index (χ0n) is 12.0. The van der Waals surface area contributed by atoms with E-state index < -0.39 is 0 Å². The van der Waals surface area contributed by atoms with Gasteiger partial charge in [0.15, 0.2) is 0 Å². The summed E-state index contributed by atoms with van der Waals surface area (Å²) in [6.07, 6.45) is 2.44. The van der Waals surface area contributed by atoms with Gasteiger partial charge in [-0.2, -0.15) is 0 Å². The van der Waals surface area contributed by atoms with Crippen molar-refractivity contribution in [2.75, 3.05) is 13.2 Å². The van der Waals surface area contributed by atoms with Crippen molar-refractivity contribution in [2.45, 2.75) is 25.4 Å². The van der Waals surface area contributed by atoms with Gasteiger partial charge in [0.1, 0.15) is 10.8 Å². The summed E-state index contributed by atoms with van der Waals surface area (Å²) in [5.41, 5.74) is 1.44. The van der Waals surface area contributed by atoms with E-state index in [0.717, 1.165) is 30.0 Å². The number of amides is 1. The second kappa shape index (κ2) is 6.98. The third-order valence-corrected chi connectivity index (χ3v) is 4.46. The second-order valence-corrected chi connectivity index (χ2v) is 6.13. The van der Waals surface area contributed by atoms with E-state index in [2.05, 4.69) is 10.3 Å². The standard InChI is InChI=1S/C16H17FN2O2S/c17-12-4-1-3-11(7-12)16-19-13(10-22-16)8-15(20)18-9-14-5-2-6-21-14/h1,3-4,7,10,14H,2,5-6,8-9H2,(H,18,20)/t14-/m0/s1. The van der Waals surface area contributed by atoms with E-state index in [-0.39, 0.29) is 24.2 Å². The van der Waals surface area contributed by atoms with Crippen LogP contribution in [-0.4, -0.2) is 30.1 Å². The van der Waals surface area contributed by atoms with Gasteiger partial charge < -0.3 is 10.1 Å². The Morgan fingerprint density at radius 3 is 3.18 bits per heavy atom. The normalized spacial score (nSPS) is 17.6. The van der Waals surface area contributed by atoms with E-state index in [9.17, 15) is 9.18 Å². The number of benzene rings is 1. The number of carbonyl (C=O) groups excluding carboxylic acids is 1. The molecule has 2 heterocycles. The lowest BCUT2D eigenvalue weighted by Crippen LogP contribution is -2.32. The molecule has 4 nitrogen and oxygen atoms in total. The number of thiazole rings is 1. The molecule has 3 rings (SSSR count). The molecule has 1 aromatic heterocycles. The minimum atomic E-state index is -0.288. The molecule has 0 spiro atoms. The van der Waals surface area contributed by atoms with Gasteiger partial charge in [0, 0.05) is 24.1 Å². The maximum atomic E-state index is 13.2. The van der Waals surface area contributed by atoms with Crippen LogP contribution < -0.4 is 5.32 Å². The molecule has 0 radical (unpaired) electrons. The molecule has 1 saturated heterocycles. The smallest absolute Gasteiger partial charge is 0.226 e. The summed E-state index contributed by atoms with van der Waals surface area (Å²) in [5.74, 6) is -0.352. The van der Waals surface area contributed by atoms with Crippen LogP contribution in [0.4, 0.5) is 4.39 Å². The quantitative estimate of drug-likeness (QED) is 0.921. The highest BCUT2D eigenvalue weighted by Crippen LogP contribution is 2.24. The molecule has 6 heteroatoms. The van der Waals surface area contributed by atoms with Crippen molar-refractivity contribution in [1.29, 1.82) is 0 Å². The number of halogens is 1. The summed E-state index contributed by atoms with van der Waals surface area (Å²) in [7, 11) is 0. The van der Waals surface area contributed by atoms with Crippen LogP contribution in [0.2, 0.25) is 0 Å². The topological polar surface area (TPSA) is 51.2 Å². The van der Waals surface area contributed by atoms with E-state index in [0.29, 0.717) is 12.2 Å². The van der Waals surface area contributed by atoms with E-state index in [4.69, 9.17) is 4.74 Å². The van der Waals surface area contributed by atoms with Crippen molar-refractivity contribution in [3.05, 3.63) is 41.2 Å².